The van der Waals surface area contributed by atoms with Crippen LogP contribution in [0.2, 0.25) is 0 Å². The van der Waals surface area contributed by atoms with Gasteiger partial charge in [0.25, 0.3) is 0 Å². The molecule has 1 aromatic heterocycles. The molecule has 1 atom stereocenters. The van der Waals surface area contributed by atoms with Crippen LogP contribution in [0, 0.1) is 5.92 Å². The van der Waals surface area contributed by atoms with Gasteiger partial charge in [-0.05, 0) is 56.0 Å². The van der Waals surface area contributed by atoms with Gasteiger partial charge in [-0.25, -0.2) is 9.97 Å². The number of aromatic nitrogens is 2. The molecule has 1 aromatic rings. The Balaban J connectivity index is 1.64. The highest BCUT2D eigenvalue weighted by molar-refractivity contribution is 5.31. The number of nitrogens with zero attached hydrogens (tertiary/aromatic N) is 3. The van der Waals surface area contributed by atoms with E-state index in [0.717, 1.165) is 37.9 Å². The van der Waals surface area contributed by atoms with E-state index in [0.29, 0.717) is 5.92 Å². The molecule has 2 fully saturated rings. The number of piperidine rings is 1. The Kier molecular flexibility index (Phi) is 3.97. The highest BCUT2D eigenvalue weighted by Gasteiger charge is 2.23. The van der Waals surface area contributed by atoms with Crippen molar-refractivity contribution in [3.8, 4) is 0 Å². The third-order valence-electron chi connectivity index (χ3n) is 4.61. The molecule has 0 spiro atoms. The Morgan fingerprint density at radius 1 is 1.16 bits per heavy atom. The van der Waals surface area contributed by atoms with E-state index in [4.69, 9.17) is 5.73 Å². The lowest BCUT2D eigenvalue weighted by molar-refractivity contribution is 0.391. The standard InChI is InChI=1S/C15H24N4/c16-7-6-12-3-2-8-19(11-12)15-17-9-14(10-18-15)13-4-1-5-13/h9-10,12-13H,1-8,11,16H2. The average molecular weight is 260 g/mol. The monoisotopic (exact) mass is 260 g/mol. The lowest BCUT2D eigenvalue weighted by atomic mass is 9.81. The molecule has 4 heteroatoms. The van der Waals surface area contributed by atoms with Crippen LogP contribution in [0.3, 0.4) is 0 Å². The second-order valence-electron chi connectivity index (χ2n) is 5.98. The summed E-state index contributed by atoms with van der Waals surface area (Å²) in [6, 6.07) is 0. The van der Waals surface area contributed by atoms with Crippen LogP contribution in [0.1, 0.15) is 50.0 Å². The van der Waals surface area contributed by atoms with Gasteiger partial charge in [-0.3, -0.25) is 0 Å². The minimum atomic E-state index is 0.716. The van der Waals surface area contributed by atoms with Gasteiger partial charge in [0.15, 0.2) is 0 Å². The molecule has 2 aliphatic rings. The van der Waals surface area contributed by atoms with Crippen LogP contribution < -0.4 is 10.6 Å². The van der Waals surface area contributed by atoms with E-state index < -0.39 is 0 Å². The zero-order chi connectivity index (χ0) is 13.1. The molecular formula is C15H24N4. The number of rotatable bonds is 4. The Hall–Kier alpha value is -1.16. The largest absolute Gasteiger partial charge is 0.341 e. The number of nitrogens with two attached hydrogens (primary N) is 1. The fraction of sp³-hybridized carbons (Fsp3) is 0.733. The maximum atomic E-state index is 5.67. The highest BCUT2D eigenvalue weighted by atomic mass is 15.2. The summed E-state index contributed by atoms with van der Waals surface area (Å²) >= 11 is 0. The van der Waals surface area contributed by atoms with E-state index >= 15 is 0 Å². The molecule has 1 saturated heterocycles. The smallest absolute Gasteiger partial charge is 0.225 e. The molecule has 0 radical (unpaired) electrons. The van der Waals surface area contributed by atoms with Gasteiger partial charge in [-0.15, -0.1) is 0 Å². The summed E-state index contributed by atoms with van der Waals surface area (Å²) in [4.78, 5) is 11.5. The summed E-state index contributed by atoms with van der Waals surface area (Å²) < 4.78 is 0. The zero-order valence-electron chi connectivity index (χ0n) is 11.6. The average Bonchev–Trinajstić information content (AvgIpc) is 2.38. The molecule has 1 saturated carbocycles. The second kappa shape index (κ2) is 5.87. The number of hydrogen-bond acceptors (Lipinski definition) is 4. The van der Waals surface area contributed by atoms with Crippen molar-refractivity contribution >= 4 is 5.95 Å². The summed E-state index contributed by atoms with van der Waals surface area (Å²) in [5.41, 5.74) is 6.99. The lowest BCUT2D eigenvalue weighted by Crippen LogP contribution is -2.37. The molecule has 104 valence electrons. The van der Waals surface area contributed by atoms with Gasteiger partial charge in [0, 0.05) is 25.5 Å². The summed E-state index contributed by atoms with van der Waals surface area (Å²) in [6.07, 6.45) is 11.7. The normalized spacial score (nSPS) is 24.3. The SMILES string of the molecule is NCCC1CCCN(c2ncc(C3CCC3)cn2)C1. The van der Waals surface area contributed by atoms with Crippen LogP contribution in [0.4, 0.5) is 5.95 Å². The van der Waals surface area contributed by atoms with Crippen molar-refractivity contribution in [1.82, 2.24) is 9.97 Å². The predicted molar refractivity (Wildman–Crippen MR) is 77.2 cm³/mol. The first kappa shape index (κ1) is 12.9. The topological polar surface area (TPSA) is 55.0 Å². The molecule has 0 bridgehead atoms. The van der Waals surface area contributed by atoms with Crippen LogP contribution in [0.25, 0.3) is 0 Å². The molecule has 1 aliphatic carbocycles. The fourth-order valence-electron chi connectivity index (χ4n) is 3.16. The third-order valence-corrected chi connectivity index (χ3v) is 4.61. The Bertz CT molecular complexity index is 397. The minimum Gasteiger partial charge on any atom is -0.341 e. The Morgan fingerprint density at radius 3 is 2.58 bits per heavy atom. The molecule has 0 amide bonds. The molecule has 19 heavy (non-hydrogen) atoms. The van der Waals surface area contributed by atoms with Gasteiger partial charge in [0.2, 0.25) is 5.95 Å². The van der Waals surface area contributed by atoms with E-state index in [1.807, 2.05) is 12.4 Å². The Morgan fingerprint density at radius 2 is 1.95 bits per heavy atom. The van der Waals surface area contributed by atoms with Gasteiger partial charge in [-0.2, -0.15) is 0 Å². The summed E-state index contributed by atoms with van der Waals surface area (Å²) in [5, 5.41) is 0. The summed E-state index contributed by atoms with van der Waals surface area (Å²) in [6.45, 7) is 2.95. The van der Waals surface area contributed by atoms with Crippen molar-refractivity contribution in [2.45, 2.75) is 44.4 Å². The van der Waals surface area contributed by atoms with Crippen LogP contribution in [0.5, 0.6) is 0 Å². The third kappa shape index (κ3) is 2.89. The maximum Gasteiger partial charge on any atom is 0.225 e. The van der Waals surface area contributed by atoms with E-state index in [1.54, 1.807) is 0 Å². The first-order chi connectivity index (χ1) is 9.36. The lowest BCUT2D eigenvalue weighted by Gasteiger charge is -2.33. The molecule has 2 N–H and O–H groups in total. The summed E-state index contributed by atoms with van der Waals surface area (Å²) in [7, 11) is 0. The fourth-order valence-corrected chi connectivity index (χ4v) is 3.16. The van der Waals surface area contributed by atoms with E-state index in [2.05, 4.69) is 14.9 Å². The van der Waals surface area contributed by atoms with E-state index in [-0.39, 0.29) is 0 Å². The predicted octanol–water partition coefficient (Wildman–Crippen LogP) is 2.31. The minimum absolute atomic E-state index is 0.716. The van der Waals surface area contributed by atoms with Crippen LogP contribution in [-0.2, 0) is 0 Å². The molecule has 4 nitrogen and oxygen atoms in total. The van der Waals surface area contributed by atoms with Gasteiger partial charge in [0.05, 0.1) is 0 Å². The molecular weight excluding hydrogens is 236 g/mol. The number of anilines is 1. The van der Waals surface area contributed by atoms with Crippen LogP contribution >= 0.6 is 0 Å². The van der Waals surface area contributed by atoms with Gasteiger partial charge < -0.3 is 10.6 Å². The summed E-state index contributed by atoms with van der Waals surface area (Å²) in [5.74, 6) is 2.35. The van der Waals surface area contributed by atoms with Gasteiger partial charge in [0.1, 0.15) is 0 Å². The van der Waals surface area contributed by atoms with Crippen molar-refractivity contribution in [1.29, 1.82) is 0 Å². The van der Waals surface area contributed by atoms with Gasteiger partial charge >= 0.3 is 0 Å². The van der Waals surface area contributed by atoms with Crippen LogP contribution in [0.15, 0.2) is 12.4 Å². The van der Waals surface area contributed by atoms with Crippen molar-refractivity contribution in [2.24, 2.45) is 11.7 Å². The van der Waals surface area contributed by atoms with Crippen LogP contribution in [-0.4, -0.2) is 29.6 Å². The van der Waals surface area contributed by atoms with Crippen molar-refractivity contribution in [3.63, 3.8) is 0 Å². The first-order valence-corrected chi connectivity index (χ1v) is 7.64. The second-order valence-corrected chi connectivity index (χ2v) is 5.98. The number of hydrogen-bond donors (Lipinski definition) is 1. The van der Waals surface area contributed by atoms with Crippen molar-refractivity contribution in [3.05, 3.63) is 18.0 Å². The quantitative estimate of drug-likeness (QED) is 0.902. The van der Waals surface area contributed by atoms with E-state index in [1.165, 1.54) is 37.7 Å². The van der Waals surface area contributed by atoms with E-state index in [9.17, 15) is 0 Å². The molecule has 3 rings (SSSR count). The maximum absolute atomic E-state index is 5.67. The van der Waals surface area contributed by atoms with Gasteiger partial charge in [-0.1, -0.05) is 6.42 Å². The highest BCUT2D eigenvalue weighted by Crippen LogP contribution is 2.35. The molecule has 1 aliphatic heterocycles. The molecule has 1 unspecified atom stereocenters. The zero-order valence-corrected chi connectivity index (χ0v) is 11.6. The van der Waals surface area contributed by atoms with Crippen molar-refractivity contribution < 1.29 is 0 Å². The molecule has 0 aromatic carbocycles. The Labute approximate surface area is 115 Å². The molecule has 2 heterocycles. The first-order valence-electron chi connectivity index (χ1n) is 7.64. The van der Waals surface area contributed by atoms with Crippen molar-refractivity contribution in [2.75, 3.05) is 24.5 Å².